The van der Waals surface area contributed by atoms with Crippen LogP contribution in [-0.4, -0.2) is 4.57 Å². The molecule has 0 saturated carbocycles. The first-order valence-electron chi connectivity index (χ1n) is 16.1. The van der Waals surface area contributed by atoms with E-state index in [2.05, 4.69) is 165 Å². The zero-order chi connectivity index (χ0) is 31.9. The molecule has 0 radical (unpaired) electrons. The largest absolute Gasteiger partial charge is 0.309 e. The highest BCUT2D eigenvalue weighted by molar-refractivity contribution is 6.10. The van der Waals surface area contributed by atoms with Gasteiger partial charge in [0, 0.05) is 16.5 Å². The predicted octanol–water partition coefficient (Wildman–Crippen LogP) is 12.3. The van der Waals surface area contributed by atoms with Crippen LogP contribution in [-0.2, 0) is 12.8 Å². The standard InChI is InChI=1S/C45H41N/c1-5-7-9-11-14-18-36-24-27-44-42(30-36)43-32-38(26-28-45(43)46(44)39-19-15-12-16-20-39)37-25-22-34(4)41(31-37)40-29-35(23-21-33(40)3)17-13-10-8-6-2/h5-16,19-32H,1,17-18H2,2-4H3/b8-6-,9-7-,13-10-,14-11-. The van der Waals surface area contributed by atoms with E-state index in [1.54, 1.807) is 6.08 Å². The lowest BCUT2D eigenvalue weighted by Gasteiger charge is -2.14. The van der Waals surface area contributed by atoms with Crippen molar-refractivity contribution in [1.29, 1.82) is 0 Å². The van der Waals surface area contributed by atoms with Gasteiger partial charge in [0.15, 0.2) is 0 Å². The molecule has 0 aliphatic heterocycles. The first-order valence-corrected chi connectivity index (χ1v) is 16.1. The first kappa shape index (κ1) is 30.6. The molecule has 0 aliphatic rings. The number of hydrogen-bond acceptors (Lipinski definition) is 0. The van der Waals surface area contributed by atoms with Crippen LogP contribution in [0.2, 0.25) is 0 Å². The summed E-state index contributed by atoms with van der Waals surface area (Å²) in [5, 5.41) is 2.54. The summed E-state index contributed by atoms with van der Waals surface area (Å²) in [5.41, 5.74) is 13.9. The summed E-state index contributed by atoms with van der Waals surface area (Å²) in [4.78, 5) is 0. The van der Waals surface area contributed by atoms with Crippen LogP contribution in [0.1, 0.15) is 29.2 Å². The lowest BCUT2D eigenvalue weighted by atomic mass is 9.91. The van der Waals surface area contributed by atoms with Crippen LogP contribution in [0.15, 0.2) is 164 Å². The Balaban J connectivity index is 1.45. The maximum Gasteiger partial charge on any atom is 0.0541 e. The van der Waals surface area contributed by atoms with Gasteiger partial charge in [0.2, 0.25) is 0 Å². The molecular weight excluding hydrogens is 555 g/mol. The molecule has 6 rings (SSSR count). The number of para-hydroxylation sites is 1. The number of aromatic nitrogens is 1. The molecule has 0 atom stereocenters. The minimum absolute atomic E-state index is 0.875. The summed E-state index contributed by atoms with van der Waals surface area (Å²) >= 11 is 0. The number of benzene rings is 5. The molecule has 1 nitrogen and oxygen atoms in total. The van der Waals surface area contributed by atoms with Crippen molar-refractivity contribution in [1.82, 2.24) is 4.57 Å². The van der Waals surface area contributed by atoms with Crippen LogP contribution < -0.4 is 0 Å². The Labute approximate surface area is 273 Å². The van der Waals surface area contributed by atoms with E-state index in [0.717, 1.165) is 12.8 Å². The van der Waals surface area contributed by atoms with E-state index in [0.29, 0.717) is 0 Å². The Hall–Kier alpha value is -5.40. The molecule has 0 unspecified atom stereocenters. The molecule has 0 N–H and O–H groups in total. The second-order valence-electron chi connectivity index (χ2n) is 11.8. The lowest BCUT2D eigenvalue weighted by molar-refractivity contribution is 1.18. The van der Waals surface area contributed by atoms with Crippen molar-refractivity contribution in [2.45, 2.75) is 33.6 Å². The highest BCUT2D eigenvalue weighted by Crippen LogP contribution is 2.37. The topological polar surface area (TPSA) is 4.93 Å². The van der Waals surface area contributed by atoms with Gasteiger partial charge in [-0.15, -0.1) is 0 Å². The number of aryl methyl sites for hydroxylation is 2. The van der Waals surface area contributed by atoms with E-state index in [1.165, 1.54) is 72.0 Å². The third-order valence-electron chi connectivity index (χ3n) is 8.65. The number of allylic oxidation sites excluding steroid dienone is 9. The fraction of sp³-hybridized carbons (Fsp3) is 0.111. The molecule has 5 aromatic carbocycles. The fourth-order valence-corrected chi connectivity index (χ4v) is 6.23. The van der Waals surface area contributed by atoms with E-state index in [9.17, 15) is 0 Å². The summed E-state index contributed by atoms with van der Waals surface area (Å²) in [5.74, 6) is 0. The summed E-state index contributed by atoms with van der Waals surface area (Å²) in [7, 11) is 0. The van der Waals surface area contributed by atoms with Crippen molar-refractivity contribution in [2.75, 3.05) is 0 Å². The highest BCUT2D eigenvalue weighted by Gasteiger charge is 2.15. The molecule has 0 amide bonds. The molecule has 1 aromatic heterocycles. The number of nitrogens with zero attached hydrogens (tertiary/aromatic N) is 1. The molecule has 226 valence electrons. The van der Waals surface area contributed by atoms with Crippen LogP contribution in [0.25, 0.3) is 49.7 Å². The number of hydrogen-bond donors (Lipinski definition) is 0. The zero-order valence-corrected chi connectivity index (χ0v) is 27.1. The van der Waals surface area contributed by atoms with Gasteiger partial charge in [0.25, 0.3) is 0 Å². The molecule has 1 heteroatoms. The van der Waals surface area contributed by atoms with Crippen molar-refractivity contribution < 1.29 is 0 Å². The van der Waals surface area contributed by atoms with Crippen molar-refractivity contribution in [3.63, 3.8) is 0 Å². The Kier molecular flexibility index (Phi) is 9.41. The molecule has 0 spiro atoms. The summed E-state index contributed by atoms with van der Waals surface area (Å²) in [6, 6.07) is 38.3. The van der Waals surface area contributed by atoms with Gasteiger partial charge in [-0.05, 0) is 121 Å². The molecule has 6 aromatic rings. The van der Waals surface area contributed by atoms with Crippen LogP contribution >= 0.6 is 0 Å². The van der Waals surface area contributed by atoms with Crippen LogP contribution in [0, 0.1) is 13.8 Å². The van der Waals surface area contributed by atoms with Crippen LogP contribution in [0.5, 0.6) is 0 Å². The van der Waals surface area contributed by atoms with E-state index < -0.39 is 0 Å². The average molecular weight is 596 g/mol. The van der Waals surface area contributed by atoms with Crippen molar-refractivity contribution in [3.05, 3.63) is 187 Å². The van der Waals surface area contributed by atoms with Crippen molar-refractivity contribution in [3.8, 4) is 27.9 Å². The summed E-state index contributed by atoms with van der Waals surface area (Å²) < 4.78 is 2.39. The smallest absolute Gasteiger partial charge is 0.0541 e. The van der Waals surface area contributed by atoms with Crippen LogP contribution in [0.3, 0.4) is 0 Å². The molecule has 0 aliphatic carbocycles. The third-order valence-corrected chi connectivity index (χ3v) is 8.65. The van der Waals surface area contributed by atoms with Gasteiger partial charge in [0.05, 0.1) is 11.0 Å². The Morgan fingerprint density at radius 1 is 0.565 bits per heavy atom. The second kappa shape index (κ2) is 14.1. The van der Waals surface area contributed by atoms with Gasteiger partial charge in [-0.1, -0.05) is 122 Å². The quantitative estimate of drug-likeness (QED) is 0.139. The number of rotatable bonds is 10. The SMILES string of the molecule is C=C/C=C\C=C/Cc1ccc2c(c1)c1cc(-c3ccc(C)c(-c4cc(C/C=C\C=C/C)ccc4C)c3)ccc1n2-c1ccccc1. The molecular formula is C45H41N. The van der Waals surface area contributed by atoms with Gasteiger partial charge >= 0.3 is 0 Å². The van der Waals surface area contributed by atoms with Crippen molar-refractivity contribution in [2.24, 2.45) is 0 Å². The van der Waals surface area contributed by atoms with Gasteiger partial charge < -0.3 is 4.57 Å². The molecule has 1 heterocycles. The lowest BCUT2D eigenvalue weighted by Crippen LogP contribution is -1.93. The van der Waals surface area contributed by atoms with E-state index >= 15 is 0 Å². The van der Waals surface area contributed by atoms with Gasteiger partial charge in [0.1, 0.15) is 0 Å². The normalized spacial score (nSPS) is 12.2. The zero-order valence-electron chi connectivity index (χ0n) is 27.1. The Morgan fingerprint density at radius 3 is 1.89 bits per heavy atom. The Bertz CT molecular complexity index is 2130. The van der Waals surface area contributed by atoms with Gasteiger partial charge in [-0.3, -0.25) is 0 Å². The maximum absolute atomic E-state index is 3.76. The summed E-state index contributed by atoms with van der Waals surface area (Å²) in [6.07, 6.45) is 20.3. The average Bonchev–Trinajstić information content (AvgIpc) is 3.41. The van der Waals surface area contributed by atoms with E-state index in [1.807, 2.05) is 19.1 Å². The fourth-order valence-electron chi connectivity index (χ4n) is 6.23. The second-order valence-corrected chi connectivity index (χ2v) is 11.8. The first-order chi connectivity index (χ1) is 22.6. The molecule has 0 bridgehead atoms. The molecule has 0 saturated heterocycles. The summed E-state index contributed by atoms with van der Waals surface area (Å²) in [6.45, 7) is 10.2. The monoisotopic (exact) mass is 595 g/mol. The third kappa shape index (κ3) is 6.50. The minimum atomic E-state index is 0.875. The van der Waals surface area contributed by atoms with E-state index in [4.69, 9.17) is 0 Å². The molecule has 46 heavy (non-hydrogen) atoms. The van der Waals surface area contributed by atoms with Gasteiger partial charge in [-0.2, -0.15) is 0 Å². The Morgan fingerprint density at radius 2 is 1.15 bits per heavy atom. The van der Waals surface area contributed by atoms with Crippen molar-refractivity contribution >= 4 is 21.8 Å². The molecule has 0 fully saturated rings. The van der Waals surface area contributed by atoms with E-state index in [-0.39, 0.29) is 0 Å². The highest BCUT2D eigenvalue weighted by atomic mass is 15.0. The minimum Gasteiger partial charge on any atom is -0.309 e. The maximum atomic E-state index is 3.76. The van der Waals surface area contributed by atoms with Gasteiger partial charge in [-0.25, -0.2) is 0 Å². The number of fused-ring (bicyclic) bond motifs is 3. The van der Waals surface area contributed by atoms with Crippen LogP contribution in [0.4, 0.5) is 0 Å². The predicted molar refractivity (Wildman–Crippen MR) is 201 cm³/mol.